The Balaban J connectivity index is 1.70. The van der Waals surface area contributed by atoms with Crippen molar-refractivity contribution in [3.63, 3.8) is 0 Å². The Hall–Kier alpha value is -3.91. The molecule has 2 aromatic carbocycles. The highest BCUT2D eigenvalue weighted by Crippen LogP contribution is 2.37. The molecule has 0 aliphatic heterocycles. The van der Waals surface area contributed by atoms with E-state index >= 15 is 0 Å². The van der Waals surface area contributed by atoms with Crippen LogP contribution in [0.2, 0.25) is 10.3 Å². The number of thiocarbonyl (C=S) groups is 1. The number of nitro benzene ring substituents is 1. The summed E-state index contributed by atoms with van der Waals surface area (Å²) >= 11 is 19.3. The standard InChI is InChI=1S/C22H11Cl2FN8O2S2/c23-17-8-26-10-19(29-17)31(13-3-1-12(25)2-4-13)22(36)32(20-11-27-9-18(24)30-20)21-28-15-6-5-14(33(34)35)7-16(15)37-21/h1-11H. The van der Waals surface area contributed by atoms with E-state index in [0.29, 0.717) is 21.0 Å². The minimum Gasteiger partial charge on any atom is -0.269 e. The zero-order valence-corrected chi connectivity index (χ0v) is 21.3. The van der Waals surface area contributed by atoms with E-state index in [-0.39, 0.29) is 32.7 Å². The van der Waals surface area contributed by atoms with Crippen LogP contribution in [-0.2, 0) is 0 Å². The van der Waals surface area contributed by atoms with E-state index in [2.05, 4.69) is 24.9 Å². The van der Waals surface area contributed by atoms with Crippen LogP contribution in [0.25, 0.3) is 10.2 Å². The van der Waals surface area contributed by atoms with Gasteiger partial charge in [0, 0.05) is 12.1 Å². The second-order valence-electron chi connectivity index (χ2n) is 7.24. The van der Waals surface area contributed by atoms with Crippen molar-refractivity contribution >= 4 is 90.2 Å². The number of benzene rings is 2. The fraction of sp³-hybridized carbons (Fsp3) is 0. The predicted octanol–water partition coefficient (Wildman–Crippen LogP) is 6.49. The molecule has 0 N–H and O–H groups in total. The molecule has 0 unspecified atom stereocenters. The number of thiazole rings is 1. The first-order valence-electron chi connectivity index (χ1n) is 10.2. The van der Waals surface area contributed by atoms with Gasteiger partial charge in [-0.3, -0.25) is 25.0 Å². The predicted molar refractivity (Wildman–Crippen MR) is 144 cm³/mol. The minimum atomic E-state index is -0.488. The number of fused-ring (bicyclic) bond motifs is 1. The average Bonchev–Trinajstić information content (AvgIpc) is 3.28. The van der Waals surface area contributed by atoms with E-state index in [1.807, 2.05) is 0 Å². The molecule has 3 heterocycles. The van der Waals surface area contributed by atoms with Crippen LogP contribution in [-0.4, -0.2) is 35.0 Å². The summed E-state index contributed by atoms with van der Waals surface area (Å²) in [7, 11) is 0. The second-order valence-corrected chi connectivity index (χ2v) is 9.38. The summed E-state index contributed by atoms with van der Waals surface area (Å²) in [5.41, 5.74) is 0.866. The van der Waals surface area contributed by atoms with Crippen molar-refractivity contribution in [2.75, 3.05) is 9.80 Å². The Morgan fingerprint density at radius 2 is 1.54 bits per heavy atom. The van der Waals surface area contributed by atoms with Gasteiger partial charge in [0.15, 0.2) is 21.9 Å². The molecule has 0 amide bonds. The number of hydrogen-bond acceptors (Lipinski definition) is 9. The van der Waals surface area contributed by atoms with Crippen LogP contribution in [0.5, 0.6) is 0 Å². The Labute approximate surface area is 227 Å². The lowest BCUT2D eigenvalue weighted by Crippen LogP contribution is -2.39. The summed E-state index contributed by atoms with van der Waals surface area (Å²) in [6.45, 7) is 0. The van der Waals surface area contributed by atoms with Crippen LogP contribution in [0, 0.1) is 15.9 Å². The van der Waals surface area contributed by atoms with Crippen molar-refractivity contribution in [3.05, 3.63) is 93.5 Å². The van der Waals surface area contributed by atoms with Crippen LogP contribution in [0.15, 0.2) is 67.3 Å². The minimum absolute atomic E-state index is 0.0771. The van der Waals surface area contributed by atoms with Gasteiger partial charge in [-0.15, -0.1) is 0 Å². The maximum Gasteiger partial charge on any atom is 0.270 e. The van der Waals surface area contributed by atoms with Gasteiger partial charge in [-0.25, -0.2) is 24.2 Å². The third-order valence-corrected chi connectivity index (χ3v) is 6.61. The van der Waals surface area contributed by atoms with Gasteiger partial charge in [-0.1, -0.05) is 34.5 Å². The molecule has 5 rings (SSSR count). The molecule has 10 nitrogen and oxygen atoms in total. The molecule has 15 heteroatoms. The Kier molecular flexibility index (Phi) is 6.84. The first-order chi connectivity index (χ1) is 17.8. The molecular formula is C22H11Cl2FN8O2S2. The van der Waals surface area contributed by atoms with Crippen LogP contribution in [0.4, 0.5) is 32.5 Å². The van der Waals surface area contributed by atoms with E-state index < -0.39 is 10.7 Å². The van der Waals surface area contributed by atoms with Gasteiger partial charge >= 0.3 is 0 Å². The third kappa shape index (κ3) is 5.15. The van der Waals surface area contributed by atoms with Gasteiger partial charge in [0.25, 0.3) is 5.69 Å². The van der Waals surface area contributed by atoms with Crippen molar-refractivity contribution in [1.29, 1.82) is 0 Å². The lowest BCUT2D eigenvalue weighted by Gasteiger charge is -2.30. The highest BCUT2D eigenvalue weighted by molar-refractivity contribution is 7.81. The normalized spacial score (nSPS) is 10.9. The number of hydrogen-bond donors (Lipinski definition) is 0. The summed E-state index contributed by atoms with van der Waals surface area (Å²) in [6.07, 6.45) is 5.58. The van der Waals surface area contributed by atoms with Crippen molar-refractivity contribution in [2.24, 2.45) is 0 Å². The molecule has 3 aromatic heterocycles. The van der Waals surface area contributed by atoms with E-state index in [0.717, 1.165) is 11.3 Å². The number of rotatable bonds is 5. The molecule has 0 atom stereocenters. The number of non-ortho nitro benzene ring substituents is 1. The highest BCUT2D eigenvalue weighted by Gasteiger charge is 2.28. The molecule has 0 radical (unpaired) electrons. The molecule has 0 spiro atoms. The zero-order valence-electron chi connectivity index (χ0n) is 18.2. The molecule has 0 saturated heterocycles. The van der Waals surface area contributed by atoms with Crippen LogP contribution in [0.3, 0.4) is 0 Å². The van der Waals surface area contributed by atoms with Crippen LogP contribution < -0.4 is 9.80 Å². The summed E-state index contributed by atoms with van der Waals surface area (Å²) in [4.78, 5) is 35.3. The summed E-state index contributed by atoms with van der Waals surface area (Å²) in [5.74, 6) is 0.00567. The number of halogens is 3. The largest absolute Gasteiger partial charge is 0.270 e. The Bertz CT molecular complexity index is 1650. The third-order valence-electron chi connectivity index (χ3n) is 4.87. The lowest BCUT2D eigenvalue weighted by molar-refractivity contribution is -0.384. The zero-order chi connectivity index (χ0) is 26.1. The smallest absolute Gasteiger partial charge is 0.269 e. The second kappa shape index (κ2) is 10.2. The van der Waals surface area contributed by atoms with Gasteiger partial charge in [-0.05, 0) is 42.5 Å². The van der Waals surface area contributed by atoms with Crippen LogP contribution >= 0.6 is 46.8 Å². The van der Waals surface area contributed by atoms with Gasteiger partial charge < -0.3 is 0 Å². The molecule has 0 fully saturated rings. The average molecular weight is 573 g/mol. The van der Waals surface area contributed by atoms with Crippen molar-refractivity contribution in [3.8, 4) is 0 Å². The van der Waals surface area contributed by atoms with Gasteiger partial charge in [-0.2, -0.15) is 0 Å². The Morgan fingerprint density at radius 3 is 2.14 bits per heavy atom. The topological polar surface area (TPSA) is 114 Å². The van der Waals surface area contributed by atoms with Crippen molar-refractivity contribution < 1.29 is 9.31 Å². The summed E-state index contributed by atoms with van der Waals surface area (Å²) in [6, 6.07) is 9.87. The summed E-state index contributed by atoms with van der Waals surface area (Å²) in [5, 5.41) is 11.9. The maximum atomic E-state index is 13.8. The molecular weight excluding hydrogens is 562 g/mol. The number of nitrogens with zero attached hydrogens (tertiary/aromatic N) is 8. The van der Waals surface area contributed by atoms with E-state index in [9.17, 15) is 14.5 Å². The molecule has 5 aromatic rings. The molecule has 0 aliphatic carbocycles. The van der Waals surface area contributed by atoms with Gasteiger partial charge in [0.1, 0.15) is 16.1 Å². The van der Waals surface area contributed by atoms with Crippen LogP contribution in [0.1, 0.15) is 0 Å². The molecule has 0 aliphatic rings. The quantitative estimate of drug-likeness (QED) is 0.131. The first-order valence-corrected chi connectivity index (χ1v) is 12.2. The maximum absolute atomic E-state index is 13.8. The molecule has 0 saturated carbocycles. The van der Waals surface area contributed by atoms with Gasteiger partial charge in [0.05, 0.1) is 45.6 Å². The monoisotopic (exact) mass is 572 g/mol. The van der Waals surface area contributed by atoms with E-state index in [1.54, 1.807) is 6.07 Å². The summed E-state index contributed by atoms with van der Waals surface area (Å²) < 4.78 is 14.3. The number of aromatic nitrogens is 5. The molecule has 37 heavy (non-hydrogen) atoms. The van der Waals surface area contributed by atoms with Crippen molar-refractivity contribution in [2.45, 2.75) is 0 Å². The number of nitro groups is 1. The lowest BCUT2D eigenvalue weighted by atomic mass is 10.3. The molecule has 184 valence electrons. The fourth-order valence-corrected chi connectivity index (χ4v) is 5.03. The van der Waals surface area contributed by atoms with E-state index in [1.165, 1.54) is 71.0 Å². The fourth-order valence-electron chi connectivity index (χ4n) is 3.30. The number of anilines is 4. The first kappa shape index (κ1) is 24.8. The Morgan fingerprint density at radius 1 is 0.919 bits per heavy atom. The molecule has 0 bridgehead atoms. The SMILES string of the molecule is O=[N+]([O-])c1ccc2nc(N(C(=S)N(c3ccc(F)cc3)c3cncc(Cl)n3)c3cncc(Cl)n3)sc2c1. The van der Waals surface area contributed by atoms with E-state index in [4.69, 9.17) is 35.4 Å². The van der Waals surface area contributed by atoms with Gasteiger partial charge in [0.2, 0.25) is 0 Å². The van der Waals surface area contributed by atoms with Crippen molar-refractivity contribution in [1.82, 2.24) is 24.9 Å². The highest BCUT2D eigenvalue weighted by atomic mass is 35.5.